The molecule has 0 aliphatic heterocycles. The summed E-state index contributed by atoms with van der Waals surface area (Å²) in [7, 11) is 0. The molecule has 8 nitrogen and oxygen atoms in total. The molecule has 31 heavy (non-hydrogen) atoms. The lowest BCUT2D eigenvalue weighted by atomic mass is 10.1. The second kappa shape index (κ2) is 10.1. The lowest BCUT2D eigenvalue weighted by Crippen LogP contribution is -2.41. The van der Waals surface area contributed by atoms with Crippen LogP contribution < -0.4 is 25.1 Å². The van der Waals surface area contributed by atoms with Crippen molar-refractivity contribution in [2.45, 2.75) is 20.8 Å². The number of hydrazine groups is 1. The van der Waals surface area contributed by atoms with E-state index in [0.717, 1.165) is 10.9 Å². The monoisotopic (exact) mass is 445 g/mol. The van der Waals surface area contributed by atoms with E-state index in [0.29, 0.717) is 42.1 Å². The Balaban J connectivity index is 1.77. The van der Waals surface area contributed by atoms with E-state index in [1.54, 1.807) is 36.4 Å². The van der Waals surface area contributed by atoms with Crippen molar-refractivity contribution in [1.29, 1.82) is 0 Å². The molecule has 0 radical (unpaired) electrons. The van der Waals surface area contributed by atoms with Crippen molar-refractivity contribution in [2.75, 3.05) is 19.8 Å². The molecule has 9 heteroatoms. The highest BCUT2D eigenvalue weighted by Gasteiger charge is 2.19. The number of aromatic amines is 1. The van der Waals surface area contributed by atoms with Crippen LogP contribution >= 0.6 is 11.6 Å². The minimum atomic E-state index is -0.530. The summed E-state index contributed by atoms with van der Waals surface area (Å²) in [5.41, 5.74) is 6.10. The van der Waals surface area contributed by atoms with Gasteiger partial charge in [0, 0.05) is 21.5 Å². The lowest BCUT2D eigenvalue weighted by molar-refractivity contribution is 0.0844. The topological polar surface area (TPSA) is 102 Å². The first kappa shape index (κ1) is 22.3. The SMILES string of the molecule is CCOc1cc(C(=O)NNC(=O)c2cc3cc(Cl)ccc3[nH]2)cc(OCC)c1OCC. The molecule has 0 saturated carbocycles. The minimum absolute atomic E-state index is 0.249. The Morgan fingerprint density at radius 2 is 1.48 bits per heavy atom. The molecule has 3 rings (SSSR count). The van der Waals surface area contributed by atoms with E-state index in [-0.39, 0.29) is 11.3 Å². The molecule has 0 atom stereocenters. The van der Waals surface area contributed by atoms with Gasteiger partial charge in [-0.15, -0.1) is 0 Å². The number of ether oxygens (including phenoxy) is 3. The number of hydrogen-bond acceptors (Lipinski definition) is 5. The Hall–Kier alpha value is -3.39. The Labute approximate surface area is 184 Å². The van der Waals surface area contributed by atoms with Crippen LogP contribution in [0.1, 0.15) is 41.6 Å². The number of aromatic nitrogens is 1. The van der Waals surface area contributed by atoms with Gasteiger partial charge in [0.2, 0.25) is 5.75 Å². The van der Waals surface area contributed by atoms with Gasteiger partial charge < -0.3 is 19.2 Å². The van der Waals surface area contributed by atoms with Gasteiger partial charge in [0.05, 0.1) is 19.8 Å². The van der Waals surface area contributed by atoms with Crippen LogP contribution in [0.15, 0.2) is 36.4 Å². The maximum Gasteiger partial charge on any atom is 0.286 e. The lowest BCUT2D eigenvalue weighted by Gasteiger charge is -2.17. The van der Waals surface area contributed by atoms with Crippen LogP contribution in [0.3, 0.4) is 0 Å². The summed E-state index contributed by atoms with van der Waals surface area (Å²) >= 11 is 5.98. The number of carbonyl (C=O) groups excluding carboxylic acids is 2. The second-order valence-corrected chi connectivity index (χ2v) is 6.86. The molecule has 0 bridgehead atoms. The Kier molecular flexibility index (Phi) is 7.25. The van der Waals surface area contributed by atoms with Crippen LogP contribution in [0.25, 0.3) is 10.9 Å². The van der Waals surface area contributed by atoms with Gasteiger partial charge >= 0.3 is 0 Å². The molecule has 0 unspecified atom stereocenters. The largest absolute Gasteiger partial charge is 0.490 e. The molecule has 0 aliphatic carbocycles. The van der Waals surface area contributed by atoms with Crippen LogP contribution in [0.5, 0.6) is 17.2 Å². The quantitative estimate of drug-likeness (QED) is 0.453. The smallest absolute Gasteiger partial charge is 0.286 e. The highest BCUT2D eigenvalue weighted by molar-refractivity contribution is 6.31. The van der Waals surface area contributed by atoms with E-state index in [4.69, 9.17) is 25.8 Å². The molecule has 0 fully saturated rings. The average Bonchev–Trinajstić information content (AvgIpc) is 3.17. The molecule has 0 aliphatic rings. The molecule has 0 saturated heterocycles. The molecule has 0 spiro atoms. The zero-order valence-electron chi connectivity index (χ0n) is 17.5. The van der Waals surface area contributed by atoms with E-state index < -0.39 is 11.8 Å². The third-order valence-corrected chi connectivity index (χ3v) is 4.52. The number of H-pyrrole nitrogens is 1. The first-order chi connectivity index (χ1) is 15.0. The maximum absolute atomic E-state index is 12.7. The van der Waals surface area contributed by atoms with Gasteiger partial charge in [-0.3, -0.25) is 20.4 Å². The molecule has 1 aromatic heterocycles. The Morgan fingerprint density at radius 3 is 2.10 bits per heavy atom. The predicted molar refractivity (Wildman–Crippen MR) is 118 cm³/mol. The molecule has 2 amide bonds. The number of benzene rings is 2. The molecule has 2 aromatic carbocycles. The van der Waals surface area contributed by atoms with E-state index >= 15 is 0 Å². The first-order valence-corrected chi connectivity index (χ1v) is 10.3. The Bertz CT molecular complexity index is 1070. The normalized spacial score (nSPS) is 10.6. The van der Waals surface area contributed by atoms with Gasteiger partial charge in [-0.05, 0) is 57.2 Å². The van der Waals surface area contributed by atoms with Crippen LogP contribution in [-0.4, -0.2) is 36.6 Å². The zero-order valence-corrected chi connectivity index (χ0v) is 18.3. The van der Waals surface area contributed by atoms with Crippen LogP contribution in [0.2, 0.25) is 5.02 Å². The van der Waals surface area contributed by atoms with Crippen molar-refractivity contribution < 1.29 is 23.8 Å². The number of rotatable bonds is 8. The fourth-order valence-corrected chi connectivity index (χ4v) is 3.18. The van der Waals surface area contributed by atoms with E-state index in [1.165, 1.54) is 0 Å². The summed E-state index contributed by atoms with van der Waals surface area (Å²) < 4.78 is 16.9. The summed E-state index contributed by atoms with van der Waals surface area (Å²) in [6.45, 7) is 6.69. The summed E-state index contributed by atoms with van der Waals surface area (Å²) in [4.78, 5) is 28.1. The van der Waals surface area contributed by atoms with Crippen LogP contribution in [0, 0.1) is 0 Å². The van der Waals surface area contributed by atoms with E-state index in [9.17, 15) is 9.59 Å². The minimum Gasteiger partial charge on any atom is -0.490 e. The van der Waals surface area contributed by atoms with Gasteiger partial charge in [-0.2, -0.15) is 0 Å². The average molecular weight is 446 g/mol. The number of nitrogens with one attached hydrogen (secondary N) is 3. The van der Waals surface area contributed by atoms with Gasteiger partial charge in [-0.1, -0.05) is 11.6 Å². The van der Waals surface area contributed by atoms with Gasteiger partial charge in [0.15, 0.2) is 11.5 Å². The molecule has 164 valence electrons. The van der Waals surface area contributed by atoms with Crippen molar-refractivity contribution in [3.05, 3.63) is 52.7 Å². The van der Waals surface area contributed by atoms with E-state index in [1.807, 2.05) is 20.8 Å². The first-order valence-electron chi connectivity index (χ1n) is 9.92. The maximum atomic E-state index is 12.7. The number of halogens is 1. The van der Waals surface area contributed by atoms with Crippen LogP contribution in [0.4, 0.5) is 0 Å². The molecule has 3 aromatic rings. The summed E-state index contributed by atoms with van der Waals surface area (Å²) in [6, 6.07) is 9.99. The third-order valence-electron chi connectivity index (χ3n) is 4.29. The van der Waals surface area contributed by atoms with Crippen molar-refractivity contribution in [2.24, 2.45) is 0 Å². The number of carbonyl (C=O) groups is 2. The number of fused-ring (bicyclic) bond motifs is 1. The number of hydrogen-bond donors (Lipinski definition) is 3. The molecular formula is C22H24ClN3O5. The highest BCUT2D eigenvalue weighted by Crippen LogP contribution is 2.39. The Morgan fingerprint density at radius 1 is 0.871 bits per heavy atom. The summed E-state index contributed by atoms with van der Waals surface area (Å²) in [5.74, 6) is 0.182. The highest BCUT2D eigenvalue weighted by atomic mass is 35.5. The van der Waals surface area contributed by atoms with Gasteiger partial charge in [0.25, 0.3) is 11.8 Å². The van der Waals surface area contributed by atoms with Crippen molar-refractivity contribution >= 4 is 34.3 Å². The van der Waals surface area contributed by atoms with Gasteiger partial charge in [0.1, 0.15) is 5.69 Å². The standard InChI is InChI=1S/C22H24ClN3O5/c1-4-29-18-11-14(12-19(30-5-2)20(18)31-6-3)21(27)25-26-22(28)17-10-13-9-15(23)7-8-16(13)24-17/h7-12,24H,4-6H2,1-3H3,(H,25,27)(H,26,28). The predicted octanol–water partition coefficient (Wildman–Crippen LogP) is 4.09. The number of amides is 2. The fraction of sp³-hybridized carbons (Fsp3) is 0.273. The fourth-order valence-electron chi connectivity index (χ4n) is 3.00. The van der Waals surface area contributed by atoms with Crippen molar-refractivity contribution in [1.82, 2.24) is 15.8 Å². The summed E-state index contributed by atoms with van der Waals surface area (Å²) in [6.07, 6.45) is 0. The second-order valence-electron chi connectivity index (χ2n) is 6.42. The third kappa shape index (κ3) is 5.21. The zero-order chi connectivity index (χ0) is 22.4. The van der Waals surface area contributed by atoms with Crippen molar-refractivity contribution in [3.63, 3.8) is 0 Å². The summed E-state index contributed by atoms with van der Waals surface area (Å²) in [5, 5.41) is 1.36. The van der Waals surface area contributed by atoms with Crippen molar-refractivity contribution in [3.8, 4) is 17.2 Å². The molecular weight excluding hydrogens is 422 g/mol. The molecule has 1 heterocycles. The van der Waals surface area contributed by atoms with Crippen LogP contribution in [-0.2, 0) is 0 Å². The molecule has 3 N–H and O–H groups in total. The van der Waals surface area contributed by atoms with Gasteiger partial charge in [-0.25, -0.2) is 0 Å². The van der Waals surface area contributed by atoms with E-state index in [2.05, 4.69) is 15.8 Å².